The first kappa shape index (κ1) is 27.3. The largest absolute Gasteiger partial charge is 0.481 e. The zero-order valence-corrected chi connectivity index (χ0v) is 21.5. The number of thiocarbonyl (C=S) groups is 1. The predicted octanol–water partition coefficient (Wildman–Crippen LogP) is 5.53. The van der Waals surface area contributed by atoms with Crippen LogP contribution in [0.15, 0.2) is 34.6 Å². The number of carbonyl (C=O) groups is 3. The summed E-state index contributed by atoms with van der Waals surface area (Å²) in [6.45, 7) is 0.0639. The van der Waals surface area contributed by atoms with Crippen LogP contribution in [0.4, 0.5) is 17.6 Å². The fraction of sp³-hybridized carbons (Fsp3) is 0.333. The fourth-order valence-electron chi connectivity index (χ4n) is 4.17. The van der Waals surface area contributed by atoms with Crippen LogP contribution in [0.25, 0.3) is 17.2 Å². The van der Waals surface area contributed by atoms with Crippen molar-refractivity contribution in [2.24, 2.45) is 5.92 Å². The molecule has 2 fully saturated rings. The van der Waals surface area contributed by atoms with Crippen molar-refractivity contribution < 1.29 is 37.1 Å². The fourth-order valence-corrected chi connectivity index (χ4v) is 6.40. The molecule has 0 radical (unpaired) electrons. The highest BCUT2D eigenvalue weighted by atomic mass is 32.2. The molecule has 196 valence electrons. The quantitative estimate of drug-likeness (QED) is 0.258. The van der Waals surface area contributed by atoms with Crippen LogP contribution < -0.4 is 5.32 Å². The third-order valence-corrected chi connectivity index (χ3v) is 8.34. The van der Waals surface area contributed by atoms with E-state index in [0.29, 0.717) is 34.6 Å². The number of halogens is 4. The van der Waals surface area contributed by atoms with Gasteiger partial charge in [-0.15, -0.1) is 11.3 Å². The molecule has 0 unspecified atom stereocenters. The van der Waals surface area contributed by atoms with Gasteiger partial charge in [0.05, 0.1) is 16.4 Å². The highest BCUT2D eigenvalue weighted by molar-refractivity contribution is 8.26. The zero-order valence-electron chi connectivity index (χ0n) is 19.0. The van der Waals surface area contributed by atoms with Crippen LogP contribution in [0.1, 0.15) is 36.1 Å². The van der Waals surface area contributed by atoms with Crippen molar-refractivity contribution >= 4 is 63.5 Å². The molecule has 1 aromatic carbocycles. The minimum absolute atomic E-state index is 0.00319. The van der Waals surface area contributed by atoms with Gasteiger partial charge in [0.25, 0.3) is 5.91 Å². The standard InChI is InChI=1S/C24H20F4N2O4S3/c25-18-4-2-12(9-17(18)24(26,27)28)14-8-16(36-11-14)10-19-21(32)30(23(35)37-19)6-5-20(31)29-15-3-1-13(7-15)22(33)34/h2,4,8-11,13,15H,1,3,5-7H2,(H,29,31)(H,33,34)/t13-,15+/m1/s1. The number of carbonyl (C=O) groups excluding carboxylic acids is 2. The Kier molecular flexibility index (Phi) is 8.05. The van der Waals surface area contributed by atoms with Gasteiger partial charge < -0.3 is 10.4 Å². The molecule has 1 saturated carbocycles. The Balaban J connectivity index is 1.38. The van der Waals surface area contributed by atoms with Crippen molar-refractivity contribution in [1.29, 1.82) is 0 Å². The molecule has 1 aliphatic heterocycles. The van der Waals surface area contributed by atoms with Crippen molar-refractivity contribution in [2.45, 2.75) is 37.9 Å². The van der Waals surface area contributed by atoms with Crippen LogP contribution in [0, 0.1) is 11.7 Å². The predicted molar refractivity (Wildman–Crippen MR) is 136 cm³/mol. The van der Waals surface area contributed by atoms with Gasteiger partial charge in [-0.25, -0.2) is 4.39 Å². The number of hydrogen-bond donors (Lipinski definition) is 2. The van der Waals surface area contributed by atoms with E-state index in [1.54, 1.807) is 17.5 Å². The molecule has 37 heavy (non-hydrogen) atoms. The number of benzene rings is 1. The highest BCUT2D eigenvalue weighted by Gasteiger charge is 2.35. The van der Waals surface area contributed by atoms with Crippen molar-refractivity contribution in [1.82, 2.24) is 10.2 Å². The molecule has 2 heterocycles. The number of nitrogens with zero attached hydrogens (tertiary/aromatic N) is 1. The van der Waals surface area contributed by atoms with Gasteiger partial charge in [0.1, 0.15) is 10.1 Å². The molecule has 13 heteroatoms. The van der Waals surface area contributed by atoms with E-state index in [1.165, 1.54) is 22.3 Å². The van der Waals surface area contributed by atoms with E-state index >= 15 is 0 Å². The Labute approximate surface area is 222 Å². The Morgan fingerprint density at radius 1 is 1.22 bits per heavy atom. The number of hydrogen-bond acceptors (Lipinski definition) is 6. The number of carboxylic acid groups (broad SMARTS) is 1. The number of rotatable bonds is 7. The van der Waals surface area contributed by atoms with Gasteiger partial charge in [0.15, 0.2) is 0 Å². The molecule has 0 spiro atoms. The van der Waals surface area contributed by atoms with Gasteiger partial charge in [-0.1, -0.05) is 30.0 Å². The van der Waals surface area contributed by atoms with Crippen molar-refractivity contribution in [2.75, 3.05) is 6.54 Å². The number of thioether (sulfide) groups is 1. The normalized spacial score (nSPS) is 21.2. The van der Waals surface area contributed by atoms with E-state index in [4.69, 9.17) is 17.3 Å². The van der Waals surface area contributed by atoms with Gasteiger partial charge in [-0.05, 0) is 60.0 Å². The third-order valence-electron chi connectivity index (χ3n) is 6.08. The average Bonchev–Trinajstić information content (AvgIpc) is 3.53. The molecule has 2 aromatic rings. The Morgan fingerprint density at radius 2 is 1.97 bits per heavy atom. The molecule has 1 aromatic heterocycles. The summed E-state index contributed by atoms with van der Waals surface area (Å²) in [5, 5.41) is 13.5. The maximum atomic E-state index is 13.6. The van der Waals surface area contributed by atoms with Crippen LogP contribution in [0.5, 0.6) is 0 Å². The summed E-state index contributed by atoms with van der Waals surface area (Å²) in [7, 11) is 0. The minimum atomic E-state index is -4.82. The number of carboxylic acids is 1. The third kappa shape index (κ3) is 6.39. The average molecular weight is 573 g/mol. The van der Waals surface area contributed by atoms with Gasteiger partial charge in [0, 0.05) is 23.9 Å². The highest BCUT2D eigenvalue weighted by Crippen LogP contribution is 2.37. The lowest BCUT2D eigenvalue weighted by atomic mass is 10.0. The molecule has 2 N–H and O–H groups in total. The number of nitrogens with one attached hydrogen (secondary N) is 1. The summed E-state index contributed by atoms with van der Waals surface area (Å²) in [6.07, 6.45) is -1.76. The second-order valence-electron chi connectivity index (χ2n) is 8.63. The summed E-state index contributed by atoms with van der Waals surface area (Å²) in [5.74, 6) is -3.37. The van der Waals surface area contributed by atoms with Crippen molar-refractivity contribution in [3.05, 3.63) is 50.8 Å². The molecular weight excluding hydrogens is 552 g/mol. The summed E-state index contributed by atoms with van der Waals surface area (Å²) in [4.78, 5) is 38.5. The van der Waals surface area contributed by atoms with Crippen LogP contribution in [0.2, 0.25) is 0 Å². The summed E-state index contributed by atoms with van der Waals surface area (Å²) < 4.78 is 53.0. The summed E-state index contributed by atoms with van der Waals surface area (Å²) in [6, 6.07) is 4.17. The van der Waals surface area contributed by atoms with E-state index in [2.05, 4.69) is 5.32 Å². The van der Waals surface area contributed by atoms with Crippen molar-refractivity contribution in [3.63, 3.8) is 0 Å². The second kappa shape index (κ2) is 10.9. The van der Waals surface area contributed by atoms with Crippen LogP contribution >= 0.6 is 35.3 Å². The lowest BCUT2D eigenvalue weighted by Crippen LogP contribution is -2.37. The molecule has 4 rings (SSSR count). The molecule has 2 atom stereocenters. The molecular formula is C24H20F4N2O4S3. The first-order valence-corrected chi connectivity index (χ1v) is 13.3. The minimum Gasteiger partial charge on any atom is -0.481 e. The maximum Gasteiger partial charge on any atom is 0.419 e. The number of alkyl halides is 3. The number of aliphatic carboxylic acids is 1. The van der Waals surface area contributed by atoms with Crippen LogP contribution in [-0.2, 0) is 20.6 Å². The van der Waals surface area contributed by atoms with E-state index in [-0.39, 0.29) is 40.7 Å². The maximum absolute atomic E-state index is 13.6. The number of amides is 2. The first-order chi connectivity index (χ1) is 17.4. The second-order valence-corrected chi connectivity index (χ2v) is 11.2. The summed E-state index contributed by atoms with van der Waals surface area (Å²) in [5.41, 5.74) is -0.705. The lowest BCUT2D eigenvalue weighted by molar-refractivity contribution is -0.142. The molecule has 1 aliphatic carbocycles. The summed E-state index contributed by atoms with van der Waals surface area (Å²) >= 11 is 7.55. The molecule has 0 bridgehead atoms. The molecule has 1 saturated heterocycles. The molecule has 2 aliphatic rings. The first-order valence-electron chi connectivity index (χ1n) is 11.2. The van der Waals surface area contributed by atoms with Gasteiger partial charge in [0.2, 0.25) is 5.91 Å². The Morgan fingerprint density at radius 3 is 2.65 bits per heavy atom. The zero-order chi connectivity index (χ0) is 26.9. The van der Waals surface area contributed by atoms with E-state index in [0.717, 1.165) is 23.9 Å². The van der Waals surface area contributed by atoms with E-state index in [1.807, 2.05) is 0 Å². The van der Waals surface area contributed by atoms with Crippen LogP contribution in [0.3, 0.4) is 0 Å². The smallest absolute Gasteiger partial charge is 0.419 e. The lowest BCUT2D eigenvalue weighted by Gasteiger charge is -2.16. The van der Waals surface area contributed by atoms with E-state index < -0.39 is 29.4 Å². The van der Waals surface area contributed by atoms with Crippen molar-refractivity contribution in [3.8, 4) is 11.1 Å². The number of thiophene rings is 1. The Bertz CT molecular complexity index is 1290. The monoisotopic (exact) mass is 572 g/mol. The van der Waals surface area contributed by atoms with E-state index in [9.17, 15) is 31.9 Å². The topological polar surface area (TPSA) is 86.7 Å². The van der Waals surface area contributed by atoms with Crippen LogP contribution in [-0.4, -0.2) is 44.7 Å². The SMILES string of the molecule is O=C(CCN1C(=O)C(=Cc2cc(-c3ccc(F)c(C(F)(F)F)c3)cs2)SC1=S)N[C@H]1CC[C@@H](C(=O)O)C1. The molecule has 2 amide bonds. The Hall–Kier alpha value is -2.77. The van der Waals surface area contributed by atoms with Gasteiger partial charge >= 0.3 is 12.1 Å². The van der Waals surface area contributed by atoms with Gasteiger partial charge in [-0.3, -0.25) is 19.3 Å². The van der Waals surface area contributed by atoms with Gasteiger partial charge in [-0.2, -0.15) is 13.2 Å². The molecule has 6 nitrogen and oxygen atoms in total.